The van der Waals surface area contributed by atoms with E-state index in [9.17, 15) is 9.59 Å². The van der Waals surface area contributed by atoms with Gasteiger partial charge in [-0.25, -0.2) is 4.68 Å². The first kappa shape index (κ1) is 23.1. The second kappa shape index (κ2) is 10.7. The number of nitrogens with one attached hydrogen (secondary N) is 1. The zero-order chi connectivity index (χ0) is 23.1. The summed E-state index contributed by atoms with van der Waals surface area (Å²) in [5.74, 6) is 1.28. The number of halogens is 1. The highest BCUT2D eigenvalue weighted by Gasteiger charge is 2.10. The summed E-state index contributed by atoms with van der Waals surface area (Å²) in [7, 11) is 3.11. The molecular weight excluding hydrogens is 434 g/mol. The van der Waals surface area contributed by atoms with E-state index in [0.717, 1.165) is 11.1 Å². The largest absolute Gasteiger partial charge is 0.493 e. The molecule has 8 nitrogen and oxygen atoms in total. The van der Waals surface area contributed by atoms with E-state index in [0.29, 0.717) is 28.0 Å². The molecule has 0 fully saturated rings. The Hall–Kier alpha value is -3.52. The third kappa shape index (κ3) is 5.79. The number of aryl methyl sites for hydroxylation is 1. The summed E-state index contributed by atoms with van der Waals surface area (Å²) in [6.07, 6.45) is 0. The molecule has 0 radical (unpaired) electrons. The van der Waals surface area contributed by atoms with Crippen molar-refractivity contribution in [3.63, 3.8) is 0 Å². The molecule has 2 aromatic carbocycles. The Morgan fingerprint density at radius 1 is 1.03 bits per heavy atom. The van der Waals surface area contributed by atoms with E-state index in [1.165, 1.54) is 10.7 Å². The number of nitrogens with zero attached hydrogens (tertiary/aromatic N) is 2. The average molecular weight is 458 g/mol. The van der Waals surface area contributed by atoms with E-state index >= 15 is 0 Å². The van der Waals surface area contributed by atoms with Gasteiger partial charge in [-0.05, 0) is 48.9 Å². The standard InChI is InChI=1S/C23H24ClN3O5/c1-15-4-6-17(24)20(12-15)32-14-22(28)25-10-11-27-23(29)9-7-18(26-27)16-5-8-19(30-2)21(13-16)31-3/h4-9,12-13H,10-11,14H2,1-3H3,(H,25,28). The van der Waals surface area contributed by atoms with E-state index in [2.05, 4.69) is 10.4 Å². The third-order valence-corrected chi connectivity index (χ3v) is 4.95. The predicted molar refractivity (Wildman–Crippen MR) is 122 cm³/mol. The van der Waals surface area contributed by atoms with Crippen molar-refractivity contribution in [1.29, 1.82) is 0 Å². The van der Waals surface area contributed by atoms with E-state index in [-0.39, 0.29) is 31.2 Å². The number of carbonyl (C=O) groups excluding carboxylic acids is 1. The summed E-state index contributed by atoms with van der Waals surface area (Å²) >= 11 is 6.06. The molecule has 3 aromatic rings. The molecule has 3 rings (SSSR count). The van der Waals surface area contributed by atoms with E-state index in [1.54, 1.807) is 44.6 Å². The summed E-state index contributed by atoms with van der Waals surface area (Å²) in [4.78, 5) is 24.3. The van der Waals surface area contributed by atoms with Crippen molar-refractivity contribution in [1.82, 2.24) is 15.1 Å². The second-order valence-electron chi connectivity index (χ2n) is 6.92. The number of rotatable bonds is 9. The molecule has 1 amide bonds. The molecule has 0 unspecified atom stereocenters. The molecule has 0 atom stereocenters. The Kier molecular flexibility index (Phi) is 7.72. The van der Waals surface area contributed by atoms with Crippen molar-refractivity contribution in [2.45, 2.75) is 13.5 Å². The van der Waals surface area contributed by atoms with E-state index < -0.39 is 0 Å². The summed E-state index contributed by atoms with van der Waals surface area (Å²) in [6.45, 7) is 2.14. The van der Waals surface area contributed by atoms with Crippen LogP contribution in [0, 0.1) is 6.92 Å². The predicted octanol–water partition coefficient (Wildman–Crippen LogP) is 3.08. The highest BCUT2D eigenvalue weighted by molar-refractivity contribution is 6.32. The highest BCUT2D eigenvalue weighted by atomic mass is 35.5. The molecule has 32 heavy (non-hydrogen) atoms. The van der Waals surface area contributed by atoms with Gasteiger partial charge in [0.1, 0.15) is 5.75 Å². The minimum atomic E-state index is -0.327. The molecule has 1 aromatic heterocycles. The Balaban J connectivity index is 1.60. The van der Waals surface area contributed by atoms with Crippen LogP contribution in [0.1, 0.15) is 5.56 Å². The number of amides is 1. The summed E-state index contributed by atoms with van der Waals surface area (Å²) in [5.41, 5.74) is 2.06. The van der Waals surface area contributed by atoms with Gasteiger partial charge in [-0.3, -0.25) is 9.59 Å². The maximum Gasteiger partial charge on any atom is 0.266 e. The van der Waals surface area contributed by atoms with Crippen molar-refractivity contribution in [2.24, 2.45) is 0 Å². The average Bonchev–Trinajstić information content (AvgIpc) is 2.80. The van der Waals surface area contributed by atoms with Gasteiger partial charge in [-0.2, -0.15) is 5.10 Å². The van der Waals surface area contributed by atoms with Gasteiger partial charge in [0.05, 0.1) is 31.5 Å². The van der Waals surface area contributed by atoms with Crippen LogP contribution in [0.2, 0.25) is 5.02 Å². The smallest absolute Gasteiger partial charge is 0.266 e. The van der Waals surface area contributed by atoms with Crippen molar-refractivity contribution >= 4 is 17.5 Å². The SMILES string of the molecule is COc1ccc(-c2ccc(=O)n(CCNC(=O)COc3cc(C)ccc3Cl)n2)cc1OC. The molecule has 0 aliphatic rings. The first-order valence-corrected chi connectivity index (χ1v) is 10.3. The number of ether oxygens (including phenoxy) is 3. The van der Waals surface area contributed by atoms with Gasteiger partial charge in [0.2, 0.25) is 0 Å². The first-order valence-electron chi connectivity index (χ1n) is 9.87. The van der Waals surface area contributed by atoms with Crippen LogP contribution >= 0.6 is 11.6 Å². The van der Waals surface area contributed by atoms with Gasteiger partial charge in [-0.15, -0.1) is 0 Å². The maximum absolute atomic E-state index is 12.2. The molecule has 0 spiro atoms. The first-order chi connectivity index (χ1) is 15.4. The lowest BCUT2D eigenvalue weighted by molar-refractivity contribution is -0.123. The number of carbonyl (C=O) groups is 1. The Labute approximate surface area is 190 Å². The van der Waals surface area contributed by atoms with Crippen LogP contribution in [0.15, 0.2) is 53.3 Å². The second-order valence-corrected chi connectivity index (χ2v) is 7.33. The number of methoxy groups -OCH3 is 2. The van der Waals surface area contributed by atoms with Crippen molar-refractivity contribution in [3.05, 3.63) is 69.5 Å². The molecule has 0 bridgehead atoms. The van der Waals surface area contributed by atoms with Crippen molar-refractivity contribution in [2.75, 3.05) is 27.4 Å². The molecule has 1 N–H and O–H groups in total. The van der Waals surface area contributed by atoms with Crippen LogP contribution in [-0.4, -0.2) is 43.1 Å². The number of aromatic nitrogens is 2. The molecule has 0 saturated heterocycles. The van der Waals surface area contributed by atoms with Gasteiger partial charge in [-0.1, -0.05) is 17.7 Å². The minimum Gasteiger partial charge on any atom is -0.493 e. The number of benzene rings is 2. The summed E-state index contributed by atoms with van der Waals surface area (Å²) < 4.78 is 17.3. The molecular formula is C23H24ClN3O5. The van der Waals surface area contributed by atoms with Crippen LogP contribution < -0.4 is 25.1 Å². The van der Waals surface area contributed by atoms with Gasteiger partial charge >= 0.3 is 0 Å². The van der Waals surface area contributed by atoms with Gasteiger partial charge in [0, 0.05) is 18.2 Å². The van der Waals surface area contributed by atoms with Crippen molar-refractivity contribution < 1.29 is 19.0 Å². The number of hydrogen-bond acceptors (Lipinski definition) is 6. The topological polar surface area (TPSA) is 91.7 Å². The van der Waals surface area contributed by atoms with E-state index in [1.807, 2.05) is 19.1 Å². The van der Waals surface area contributed by atoms with Gasteiger partial charge < -0.3 is 19.5 Å². The fourth-order valence-electron chi connectivity index (χ4n) is 2.98. The fourth-order valence-corrected chi connectivity index (χ4v) is 3.15. The molecule has 0 saturated carbocycles. The Bertz CT molecular complexity index is 1160. The lowest BCUT2D eigenvalue weighted by atomic mass is 10.1. The molecule has 9 heteroatoms. The lowest BCUT2D eigenvalue weighted by Crippen LogP contribution is -2.34. The van der Waals surface area contributed by atoms with Gasteiger partial charge in [0.15, 0.2) is 18.1 Å². The van der Waals surface area contributed by atoms with Crippen LogP contribution in [-0.2, 0) is 11.3 Å². The summed E-state index contributed by atoms with van der Waals surface area (Å²) in [5, 5.41) is 7.54. The minimum absolute atomic E-state index is 0.183. The molecule has 0 aliphatic heterocycles. The monoisotopic (exact) mass is 457 g/mol. The molecule has 168 valence electrons. The molecule has 0 aliphatic carbocycles. The maximum atomic E-state index is 12.2. The van der Waals surface area contributed by atoms with Crippen LogP contribution in [0.5, 0.6) is 17.2 Å². The zero-order valence-electron chi connectivity index (χ0n) is 18.1. The van der Waals surface area contributed by atoms with Crippen LogP contribution in [0.25, 0.3) is 11.3 Å². The quantitative estimate of drug-likeness (QED) is 0.531. The zero-order valence-corrected chi connectivity index (χ0v) is 18.8. The normalized spacial score (nSPS) is 10.5. The van der Waals surface area contributed by atoms with Crippen LogP contribution in [0.4, 0.5) is 0 Å². The summed E-state index contributed by atoms with van der Waals surface area (Å²) in [6, 6.07) is 13.8. The Morgan fingerprint density at radius 2 is 1.81 bits per heavy atom. The molecule has 1 heterocycles. The fraction of sp³-hybridized carbons (Fsp3) is 0.261. The highest BCUT2D eigenvalue weighted by Crippen LogP contribution is 2.31. The van der Waals surface area contributed by atoms with Gasteiger partial charge in [0.25, 0.3) is 11.5 Å². The third-order valence-electron chi connectivity index (χ3n) is 4.64. The Morgan fingerprint density at radius 3 is 2.56 bits per heavy atom. The number of hydrogen-bond donors (Lipinski definition) is 1. The van der Waals surface area contributed by atoms with Crippen LogP contribution in [0.3, 0.4) is 0 Å². The van der Waals surface area contributed by atoms with Crippen molar-refractivity contribution in [3.8, 4) is 28.5 Å². The lowest BCUT2D eigenvalue weighted by Gasteiger charge is -2.11. The van der Waals surface area contributed by atoms with E-state index in [4.69, 9.17) is 25.8 Å².